The van der Waals surface area contributed by atoms with E-state index in [0.29, 0.717) is 21.9 Å². The van der Waals surface area contributed by atoms with E-state index >= 15 is 0 Å². The molecule has 0 spiro atoms. The molecule has 0 radical (unpaired) electrons. The molecule has 0 saturated carbocycles. The summed E-state index contributed by atoms with van der Waals surface area (Å²) in [5, 5.41) is 0.668. The summed E-state index contributed by atoms with van der Waals surface area (Å²) in [6.45, 7) is 0. The van der Waals surface area contributed by atoms with Crippen LogP contribution in [-0.4, -0.2) is 18.9 Å². The van der Waals surface area contributed by atoms with E-state index in [2.05, 4.69) is 0 Å². The number of allylic oxidation sites excluding steroid dienone is 1. The normalized spacial score (nSPS) is 15.1. The van der Waals surface area contributed by atoms with Crippen molar-refractivity contribution in [3.63, 3.8) is 0 Å². The number of anilines is 1. The Balaban J connectivity index is 2.20. The van der Waals surface area contributed by atoms with Crippen LogP contribution in [0.4, 0.5) is 5.69 Å². The highest BCUT2D eigenvalue weighted by molar-refractivity contribution is 6.32. The third-order valence-corrected chi connectivity index (χ3v) is 3.92. The first-order chi connectivity index (χ1) is 9.50. The third-order valence-electron chi connectivity index (χ3n) is 3.50. The van der Waals surface area contributed by atoms with E-state index in [1.54, 1.807) is 36.2 Å². The number of nitrogens with zero attached hydrogens (tertiary/aromatic N) is 1. The highest BCUT2D eigenvalue weighted by Gasteiger charge is 2.21. The van der Waals surface area contributed by atoms with Gasteiger partial charge in [-0.05, 0) is 49.9 Å². The van der Waals surface area contributed by atoms with E-state index in [4.69, 9.17) is 17.3 Å². The molecule has 1 aromatic rings. The van der Waals surface area contributed by atoms with Gasteiger partial charge >= 0.3 is 0 Å². The summed E-state index contributed by atoms with van der Waals surface area (Å²) in [5.74, 6) is -0.565. The number of nitrogens with two attached hydrogens (primary N) is 1. The van der Waals surface area contributed by atoms with Crippen LogP contribution in [0.25, 0.3) is 0 Å². The Kier molecular flexibility index (Phi) is 4.45. The summed E-state index contributed by atoms with van der Waals surface area (Å²) in [6, 6.07) is 6.63. The van der Waals surface area contributed by atoms with E-state index in [1.807, 2.05) is 0 Å². The Morgan fingerprint density at radius 1 is 1.15 bits per heavy atom. The number of carbonyl (C=O) groups excluding carboxylic acids is 2. The molecule has 20 heavy (non-hydrogen) atoms. The molecule has 1 aliphatic carbocycles. The first-order valence-electron chi connectivity index (χ1n) is 6.56. The van der Waals surface area contributed by atoms with Crippen LogP contribution in [0.1, 0.15) is 36.0 Å². The van der Waals surface area contributed by atoms with Crippen molar-refractivity contribution in [3.05, 3.63) is 40.4 Å². The van der Waals surface area contributed by atoms with E-state index < -0.39 is 5.91 Å². The number of carbonyl (C=O) groups is 2. The van der Waals surface area contributed by atoms with E-state index in [9.17, 15) is 9.59 Å². The standard InChI is InChI=1S/C15H17ClN2O2/c1-18(11-8-6-10(7-9-11)14(17)19)15(20)12-4-2-3-5-13(12)16/h6-9H,2-5H2,1H3,(H2,17,19). The van der Waals surface area contributed by atoms with Gasteiger partial charge in [-0.15, -0.1) is 0 Å². The summed E-state index contributed by atoms with van der Waals surface area (Å²) in [5.41, 5.74) is 7.02. The van der Waals surface area contributed by atoms with Gasteiger partial charge in [-0.2, -0.15) is 0 Å². The Morgan fingerprint density at radius 3 is 2.30 bits per heavy atom. The number of hydrogen-bond donors (Lipinski definition) is 1. The van der Waals surface area contributed by atoms with Crippen molar-refractivity contribution in [3.8, 4) is 0 Å². The summed E-state index contributed by atoms with van der Waals surface area (Å²) >= 11 is 6.15. The Hall–Kier alpha value is -1.81. The van der Waals surface area contributed by atoms with E-state index in [1.165, 1.54) is 0 Å². The van der Waals surface area contributed by atoms with Crippen LogP contribution in [0.15, 0.2) is 34.9 Å². The summed E-state index contributed by atoms with van der Waals surface area (Å²) in [4.78, 5) is 25.0. The lowest BCUT2D eigenvalue weighted by Gasteiger charge is -2.22. The maximum Gasteiger partial charge on any atom is 0.255 e. The number of likely N-dealkylation sites (N-methyl/N-ethyl adjacent to an activating group) is 1. The average molecular weight is 293 g/mol. The van der Waals surface area contributed by atoms with Gasteiger partial charge in [-0.1, -0.05) is 11.6 Å². The molecule has 0 unspecified atom stereocenters. The molecule has 0 aromatic heterocycles. The number of primary amides is 1. The van der Waals surface area contributed by atoms with Crippen molar-refractivity contribution in [1.82, 2.24) is 0 Å². The van der Waals surface area contributed by atoms with Crippen molar-refractivity contribution < 1.29 is 9.59 Å². The fourth-order valence-electron chi connectivity index (χ4n) is 2.26. The van der Waals surface area contributed by atoms with Gasteiger partial charge < -0.3 is 10.6 Å². The zero-order valence-electron chi connectivity index (χ0n) is 11.4. The number of rotatable bonds is 3. The van der Waals surface area contributed by atoms with Crippen molar-refractivity contribution in [2.24, 2.45) is 5.73 Å². The Labute approximate surface area is 123 Å². The lowest BCUT2D eigenvalue weighted by Crippen LogP contribution is -2.29. The largest absolute Gasteiger partial charge is 0.366 e. The van der Waals surface area contributed by atoms with Crippen LogP contribution in [0.2, 0.25) is 0 Å². The molecule has 1 aromatic carbocycles. The van der Waals surface area contributed by atoms with Gasteiger partial charge in [-0.25, -0.2) is 0 Å². The summed E-state index contributed by atoms with van der Waals surface area (Å²) in [7, 11) is 1.70. The van der Waals surface area contributed by atoms with Crippen molar-refractivity contribution in [2.45, 2.75) is 25.7 Å². The number of amides is 2. The van der Waals surface area contributed by atoms with Crippen molar-refractivity contribution >= 4 is 29.1 Å². The van der Waals surface area contributed by atoms with Gasteiger partial charge in [-0.3, -0.25) is 9.59 Å². The Morgan fingerprint density at radius 2 is 1.75 bits per heavy atom. The van der Waals surface area contributed by atoms with E-state index in [-0.39, 0.29) is 5.91 Å². The zero-order chi connectivity index (χ0) is 14.7. The molecule has 0 aliphatic heterocycles. The number of hydrogen-bond acceptors (Lipinski definition) is 2. The highest BCUT2D eigenvalue weighted by Crippen LogP contribution is 2.29. The number of benzene rings is 1. The third kappa shape index (κ3) is 3.02. The molecule has 0 bridgehead atoms. The molecule has 5 heteroatoms. The minimum absolute atomic E-state index is 0.0819. The van der Waals surface area contributed by atoms with Crippen LogP contribution in [0.3, 0.4) is 0 Å². The van der Waals surface area contributed by atoms with E-state index in [0.717, 1.165) is 25.7 Å². The monoisotopic (exact) mass is 292 g/mol. The zero-order valence-corrected chi connectivity index (χ0v) is 12.1. The SMILES string of the molecule is CN(C(=O)C1=C(Cl)CCCC1)c1ccc(C(N)=O)cc1. The van der Waals surface area contributed by atoms with Gasteiger partial charge in [0, 0.05) is 28.9 Å². The molecule has 1 aliphatic rings. The second-order valence-electron chi connectivity index (χ2n) is 4.87. The van der Waals surface area contributed by atoms with Gasteiger partial charge in [0.15, 0.2) is 0 Å². The molecular formula is C15H17ClN2O2. The molecule has 0 heterocycles. The molecule has 2 N–H and O–H groups in total. The molecule has 106 valence electrons. The maximum absolute atomic E-state index is 12.4. The van der Waals surface area contributed by atoms with Crippen molar-refractivity contribution in [2.75, 3.05) is 11.9 Å². The van der Waals surface area contributed by atoms with Crippen LogP contribution >= 0.6 is 11.6 Å². The lowest BCUT2D eigenvalue weighted by molar-refractivity contribution is -0.115. The number of halogens is 1. The molecule has 2 rings (SSSR count). The predicted molar refractivity (Wildman–Crippen MR) is 79.7 cm³/mol. The summed E-state index contributed by atoms with van der Waals surface area (Å²) in [6.07, 6.45) is 3.52. The molecule has 2 amide bonds. The average Bonchev–Trinajstić information content (AvgIpc) is 2.46. The lowest BCUT2D eigenvalue weighted by atomic mass is 9.98. The molecule has 4 nitrogen and oxygen atoms in total. The fourth-order valence-corrected chi connectivity index (χ4v) is 2.57. The summed E-state index contributed by atoms with van der Waals surface area (Å²) < 4.78 is 0. The molecule has 0 fully saturated rings. The van der Waals surface area contributed by atoms with Crippen LogP contribution in [-0.2, 0) is 4.79 Å². The highest BCUT2D eigenvalue weighted by atomic mass is 35.5. The molecule has 0 atom stereocenters. The molecule has 0 saturated heterocycles. The molecular weight excluding hydrogens is 276 g/mol. The van der Waals surface area contributed by atoms with Crippen LogP contribution in [0.5, 0.6) is 0 Å². The smallest absolute Gasteiger partial charge is 0.255 e. The predicted octanol–water partition coefficient (Wildman–Crippen LogP) is 2.82. The van der Waals surface area contributed by atoms with Gasteiger partial charge in [0.25, 0.3) is 5.91 Å². The van der Waals surface area contributed by atoms with Crippen LogP contribution in [0, 0.1) is 0 Å². The Bertz CT molecular complexity index is 564. The first kappa shape index (κ1) is 14.6. The van der Waals surface area contributed by atoms with Gasteiger partial charge in [0.05, 0.1) is 0 Å². The topological polar surface area (TPSA) is 63.4 Å². The first-order valence-corrected chi connectivity index (χ1v) is 6.94. The second-order valence-corrected chi connectivity index (χ2v) is 5.32. The van der Waals surface area contributed by atoms with Gasteiger partial charge in [0.2, 0.25) is 5.91 Å². The van der Waals surface area contributed by atoms with Gasteiger partial charge in [0.1, 0.15) is 0 Å². The minimum Gasteiger partial charge on any atom is -0.366 e. The van der Waals surface area contributed by atoms with Crippen LogP contribution < -0.4 is 10.6 Å². The fraction of sp³-hybridized carbons (Fsp3) is 0.333. The van der Waals surface area contributed by atoms with Crippen molar-refractivity contribution in [1.29, 1.82) is 0 Å². The second kappa shape index (κ2) is 6.09. The quantitative estimate of drug-likeness (QED) is 0.931. The maximum atomic E-state index is 12.4. The minimum atomic E-state index is -0.483.